The van der Waals surface area contributed by atoms with E-state index in [1.54, 1.807) is 29.7 Å². The van der Waals surface area contributed by atoms with Crippen LogP contribution in [0.25, 0.3) is 11.3 Å². The fourth-order valence-electron chi connectivity index (χ4n) is 4.09. The molecule has 34 heavy (non-hydrogen) atoms. The zero-order valence-electron chi connectivity index (χ0n) is 18.1. The number of nitrogens with zero attached hydrogens (tertiary/aromatic N) is 3. The summed E-state index contributed by atoms with van der Waals surface area (Å²) in [4.78, 5) is 17.7. The van der Waals surface area contributed by atoms with Crippen molar-refractivity contribution < 1.29 is 14.6 Å². The van der Waals surface area contributed by atoms with Crippen molar-refractivity contribution in [3.63, 3.8) is 0 Å². The summed E-state index contributed by atoms with van der Waals surface area (Å²) in [6.45, 7) is 0.0251. The molecular formula is C24H22Br2N4O3S. The van der Waals surface area contributed by atoms with Gasteiger partial charge in [-0.1, -0.05) is 19.3 Å². The molecule has 1 fully saturated rings. The lowest BCUT2D eigenvalue weighted by atomic mass is 9.96. The number of carbonyl (C=O) groups excluding carboxylic acids is 1. The van der Waals surface area contributed by atoms with Crippen LogP contribution >= 0.6 is 43.2 Å². The molecule has 0 spiro atoms. The number of aromatic hydroxyl groups is 1. The van der Waals surface area contributed by atoms with E-state index < -0.39 is 0 Å². The minimum atomic E-state index is -0.169. The molecule has 1 amide bonds. The van der Waals surface area contributed by atoms with E-state index in [9.17, 15) is 9.90 Å². The minimum Gasteiger partial charge on any atom is -0.506 e. The standard InChI is InChI=1S/C24H22Br2N4O3S/c25-17-8-14(9-18(26)23(17)32)11-27-30-20(13-34-24(30)28-16-4-2-1-3-5-16)15-6-7-21-19(10-15)29-22(31)12-33-21/h6-11,13,16,32H,1-5,12H2,(H,29,31). The predicted molar refractivity (Wildman–Crippen MR) is 141 cm³/mol. The Kier molecular flexibility index (Phi) is 6.89. The van der Waals surface area contributed by atoms with Gasteiger partial charge in [0.2, 0.25) is 4.80 Å². The van der Waals surface area contributed by atoms with Crippen molar-refractivity contribution in [3.8, 4) is 22.8 Å². The number of phenols is 1. The van der Waals surface area contributed by atoms with Crippen molar-refractivity contribution in [2.75, 3.05) is 11.9 Å². The number of ether oxygens (including phenoxy) is 1. The smallest absolute Gasteiger partial charge is 0.262 e. The number of hydrogen-bond donors (Lipinski definition) is 2. The Bertz CT molecular complexity index is 1320. The monoisotopic (exact) mass is 604 g/mol. The minimum absolute atomic E-state index is 0.0251. The maximum Gasteiger partial charge on any atom is 0.262 e. The van der Waals surface area contributed by atoms with Crippen molar-refractivity contribution >= 4 is 61.0 Å². The van der Waals surface area contributed by atoms with E-state index in [1.165, 1.54) is 19.3 Å². The molecule has 1 saturated carbocycles. The summed E-state index contributed by atoms with van der Waals surface area (Å²) in [5.41, 5.74) is 3.23. The van der Waals surface area contributed by atoms with Gasteiger partial charge in [0.05, 0.1) is 32.6 Å². The summed E-state index contributed by atoms with van der Waals surface area (Å²) in [6, 6.07) is 9.64. The van der Waals surface area contributed by atoms with Gasteiger partial charge in [-0.05, 0) is 80.6 Å². The number of phenolic OH excluding ortho intramolecular Hbond substituents is 1. The van der Waals surface area contributed by atoms with Crippen LogP contribution in [-0.2, 0) is 4.79 Å². The molecule has 2 aliphatic rings. The largest absolute Gasteiger partial charge is 0.506 e. The number of halogens is 2. The predicted octanol–water partition coefficient (Wildman–Crippen LogP) is 5.89. The molecule has 1 aliphatic carbocycles. The first-order valence-electron chi connectivity index (χ1n) is 11.0. The molecule has 10 heteroatoms. The Morgan fingerprint density at radius 2 is 1.91 bits per heavy atom. The molecule has 0 radical (unpaired) electrons. The molecule has 0 bridgehead atoms. The van der Waals surface area contributed by atoms with Gasteiger partial charge in [-0.15, -0.1) is 11.3 Å². The summed E-state index contributed by atoms with van der Waals surface area (Å²) in [7, 11) is 0. The van der Waals surface area contributed by atoms with Crippen LogP contribution in [0.2, 0.25) is 0 Å². The Labute approximate surface area is 217 Å². The number of benzene rings is 2. The zero-order chi connectivity index (χ0) is 23.7. The average Bonchev–Trinajstić information content (AvgIpc) is 3.23. The van der Waals surface area contributed by atoms with Gasteiger partial charge in [0.25, 0.3) is 5.91 Å². The van der Waals surface area contributed by atoms with Crippen LogP contribution in [0.1, 0.15) is 37.7 Å². The van der Waals surface area contributed by atoms with E-state index in [-0.39, 0.29) is 18.3 Å². The third kappa shape index (κ3) is 4.99. The fourth-order valence-corrected chi connectivity index (χ4v) is 6.22. The molecule has 176 valence electrons. The molecule has 2 N–H and O–H groups in total. The second-order valence-electron chi connectivity index (χ2n) is 8.26. The maximum atomic E-state index is 11.8. The van der Waals surface area contributed by atoms with Gasteiger partial charge < -0.3 is 15.2 Å². The maximum absolute atomic E-state index is 11.8. The highest BCUT2D eigenvalue weighted by molar-refractivity contribution is 9.11. The molecule has 5 rings (SSSR count). The van der Waals surface area contributed by atoms with Gasteiger partial charge in [-0.25, -0.2) is 4.68 Å². The molecule has 1 aliphatic heterocycles. The first-order chi connectivity index (χ1) is 16.5. The highest BCUT2D eigenvalue weighted by Gasteiger charge is 2.19. The van der Waals surface area contributed by atoms with E-state index in [1.807, 2.05) is 28.3 Å². The highest BCUT2D eigenvalue weighted by atomic mass is 79.9. The molecule has 0 saturated heterocycles. The number of thiazole rings is 1. The number of amides is 1. The van der Waals surface area contributed by atoms with Crippen LogP contribution in [0.4, 0.5) is 5.69 Å². The molecule has 7 nitrogen and oxygen atoms in total. The molecule has 2 heterocycles. The lowest BCUT2D eigenvalue weighted by Crippen LogP contribution is -2.25. The quantitative estimate of drug-likeness (QED) is 0.363. The summed E-state index contributed by atoms with van der Waals surface area (Å²) in [5, 5.41) is 19.7. The van der Waals surface area contributed by atoms with Crippen molar-refractivity contribution in [2.45, 2.75) is 38.1 Å². The molecular weight excluding hydrogens is 584 g/mol. The molecule has 0 unspecified atom stereocenters. The van der Waals surface area contributed by atoms with Gasteiger partial charge in [-0.2, -0.15) is 5.10 Å². The number of carbonyl (C=O) groups is 1. The molecule has 3 aromatic rings. The SMILES string of the molecule is O=C1COc2ccc(-c3csc(=NC4CCCCC4)n3N=Cc3cc(Br)c(O)c(Br)c3)cc2N1. The van der Waals surface area contributed by atoms with Gasteiger partial charge in [0.1, 0.15) is 11.5 Å². The lowest BCUT2D eigenvalue weighted by molar-refractivity contribution is -0.118. The number of fused-ring (bicyclic) bond motifs is 1. The van der Waals surface area contributed by atoms with E-state index in [2.05, 4.69) is 37.2 Å². The van der Waals surface area contributed by atoms with E-state index in [0.29, 0.717) is 26.4 Å². The first-order valence-corrected chi connectivity index (χ1v) is 13.5. The van der Waals surface area contributed by atoms with Crippen molar-refractivity contribution in [2.24, 2.45) is 10.1 Å². The second kappa shape index (κ2) is 10.1. The Morgan fingerprint density at radius 1 is 1.15 bits per heavy atom. The number of anilines is 1. The summed E-state index contributed by atoms with van der Waals surface area (Å²) in [6.07, 6.45) is 7.61. The lowest BCUT2D eigenvalue weighted by Gasteiger charge is -2.18. The van der Waals surface area contributed by atoms with Crippen LogP contribution in [0, 0.1) is 0 Å². The summed E-state index contributed by atoms with van der Waals surface area (Å²) < 4.78 is 8.51. The van der Waals surface area contributed by atoms with Crippen LogP contribution in [-0.4, -0.2) is 34.6 Å². The van der Waals surface area contributed by atoms with Gasteiger partial charge >= 0.3 is 0 Å². The summed E-state index contributed by atoms with van der Waals surface area (Å²) in [5.74, 6) is 0.629. The number of hydrogen-bond acceptors (Lipinski definition) is 6. The normalized spacial score (nSPS) is 17.0. The Balaban J connectivity index is 1.58. The average molecular weight is 606 g/mol. The number of rotatable bonds is 4. The second-order valence-corrected chi connectivity index (χ2v) is 10.8. The van der Waals surface area contributed by atoms with Crippen LogP contribution < -0.4 is 14.9 Å². The van der Waals surface area contributed by atoms with Crippen LogP contribution in [0.15, 0.2) is 54.8 Å². The summed E-state index contributed by atoms with van der Waals surface area (Å²) >= 11 is 8.30. The number of nitrogens with one attached hydrogen (secondary N) is 1. The first kappa shape index (κ1) is 23.3. The van der Waals surface area contributed by atoms with E-state index in [0.717, 1.165) is 34.5 Å². The molecule has 0 atom stereocenters. The Hall–Kier alpha value is -2.43. The topological polar surface area (TPSA) is 88.2 Å². The van der Waals surface area contributed by atoms with Crippen molar-refractivity contribution in [3.05, 3.63) is 55.0 Å². The fraction of sp³-hybridized carbons (Fsp3) is 0.292. The Morgan fingerprint density at radius 3 is 2.68 bits per heavy atom. The van der Waals surface area contributed by atoms with Crippen molar-refractivity contribution in [1.82, 2.24) is 4.68 Å². The van der Waals surface area contributed by atoms with Crippen LogP contribution in [0.3, 0.4) is 0 Å². The van der Waals surface area contributed by atoms with Gasteiger partial charge in [0.15, 0.2) is 6.61 Å². The van der Waals surface area contributed by atoms with Gasteiger partial charge in [-0.3, -0.25) is 9.79 Å². The van der Waals surface area contributed by atoms with Crippen molar-refractivity contribution in [1.29, 1.82) is 0 Å². The third-order valence-electron chi connectivity index (χ3n) is 5.82. The number of aromatic nitrogens is 1. The molecule has 1 aromatic heterocycles. The van der Waals surface area contributed by atoms with Crippen LogP contribution in [0.5, 0.6) is 11.5 Å². The van der Waals surface area contributed by atoms with Gasteiger partial charge in [0, 0.05) is 10.9 Å². The highest BCUT2D eigenvalue weighted by Crippen LogP contribution is 2.34. The van der Waals surface area contributed by atoms with E-state index in [4.69, 9.17) is 14.8 Å². The third-order valence-corrected chi connectivity index (χ3v) is 7.86. The molecule has 2 aromatic carbocycles. The zero-order valence-corrected chi connectivity index (χ0v) is 22.1. The van der Waals surface area contributed by atoms with E-state index >= 15 is 0 Å².